The van der Waals surface area contributed by atoms with Crippen molar-refractivity contribution in [3.05, 3.63) is 72.4 Å². The Labute approximate surface area is 237 Å². The highest BCUT2D eigenvalue weighted by atomic mass is 28.4. The smallest absolute Gasteiger partial charge is 0.356 e. The molecule has 39 heavy (non-hydrogen) atoms. The summed E-state index contributed by atoms with van der Waals surface area (Å²) in [5, 5.41) is 7.02. The lowest BCUT2D eigenvalue weighted by Gasteiger charge is -2.44. The molecule has 6 nitrogen and oxygen atoms in total. The SMILES string of the molecule is CCOC(=O)c1cc(O[Si](C)(C)C(C)(C)C)nn1C[C@H](C)O[Si](c1ccccc1)(c1ccccc1)C(C)(C)C. The highest BCUT2D eigenvalue weighted by Gasteiger charge is 2.51. The molecule has 0 fully saturated rings. The van der Waals surface area contributed by atoms with Crippen molar-refractivity contribution in [3.63, 3.8) is 0 Å². The van der Waals surface area contributed by atoms with E-state index in [-0.39, 0.29) is 22.8 Å². The average molecular weight is 567 g/mol. The summed E-state index contributed by atoms with van der Waals surface area (Å²) < 4.78 is 20.8. The molecule has 0 aliphatic heterocycles. The van der Waals surface area contributed by atoms with Gasteiger partial charge in [-0.1, -0.05) is 102 Å². The van der Waals surface area contributed by atoms with Crippen LogP contribution in [0.4, 0.5) is 0 Å². The first-order valence-corrected chi connectivity index (χ1v) is 18.7. The van der Waals surface area contributed by atoms with E-state index in [9.17, 15) is 4.79 Å². The molecular formula is C31H46N2O4Si2. The number of carbonyl (C=O) groups excluding carboxylic acids is 1. The zero-order chi connectivity index (χ0) is 29.1. The summed E-state index contributed by atoms with van der Waals surface area (Å²) in [6.45, 7) is 22.2. The fraction of sp³-hybridized carbons (Fsp3) is 0.484. The van der Waals surface area contributed by atoms with Crippen molar-refractivity contribution in [3.8, 4) is 5.88 Å². The molecule has 0 radical (unpaired) electrons. The summed E-state index contributed by atoms with van der Waals surface area (Å²) in [4.78, 5) is 13.0. The topological polar surface area (TPSA) is 62.6 Å². The number of esters is 1. The molecule has 0 saturated heterocycles. The number of carbonyl (C=O) groups is 1. The third-order valence-electron chi connectivity index (χ3n) is 7.63. The molecule has 0 N–H and O–H groups in total. The van der Waals surface area contributed by atoms with Crippen LogP contribution in [0.2, 0.25) is 23.2 Å². The predicted octanol–water partition coefficient (Wildman–Crippen LogP) is 6.41. The van der Waals surface area contributed by atoms with Gasteiger partial charge in [0.2, 0.25) is 5.88 Å². The van der Waals surface area contributed by atoms with Crippen molar-refractivity contribution in [2.24, 2.45) is 0 Å². The molecule has 1 heterocycles. The van der Waals surface area contributed by atoms with E-state index in [1.807, 2.05) is 12.1 Å². The first-order valence-electron chi connectivity index (χ1n) is 13.8. The summed E-state index contributed by atoms with van der Waals surface area (Å²) in [7, 11) is -4.92. The van der Waals surface area contributed by atoms with Crippen molar-refractivity contribution in [1.29, 1.82) is 0 Å². The van der Waals surface area contributed by atoms with Gasteiger partial charge in [0.1, 0.15) is 5.69 Å². The van der Waals surface area contributed by atoms with Crippen molar-refractivity contribution in [2.75, 3.05) is 6.61 Å². The second kappa shape index (κ2) is 11.8. The number of aromatic nitrogens is 2. The largest absolute Gasteiger partial charge is 0.530 e. The third-order valence-corrected chi connectivity index (χ3v) is 17.1. The summed E-state index contributed by atoms with van der Waals surface area (Å²) >= 11 is 0. The van der Waals surface area contributed by atoms with Crippen LogP contribution >= 0.6 is 0 Å². The molecule has 8 heteroatoms. The monoisotopic (exact) mass is 566 g/mol. The maximum atomic E-state index is 13.0. The number of ether oxygens (including phenoxy) is 1. The van der Waals surface area contributed by atoms with Crippen molar-refractivity contribution in [2.45, 2.75) is 91.2 Å². The van der Waals surface area contributed by atoms with Crippen LogP contribution in [0.1, 0.15) is 65.9 Å². The highest BCUT2D eigenvalue weighted by Crippen LogP contribution is 2.39. The van der Waals surface area contributed by atoms with E-state index >= 15 is 0 Å². The lowest BCUT2D eigenvalue weighted by molar-refractivity contribution is 0.0508. The fourth-order valence-electron chi connectivity index (χ4n) is 4.64. The van der Waals surface area contributed by atoms with Crippen LogP contribution in [0.5, 0.6) is 5.88 Å². The molecule has 3 rings (SSSR count). The van der Waals surface area contributed by atoms with E-state index in [1.54, 1.807) is 17.7 Å². The third kappa shape index (κ3) is 6.73. The van der Waals surface area contributed by atoms with E-state index < -0.39 is 22.6 Å². The molecule has 212 valence electrons. The second-order valence-electron chi connectivity index (χ2n) is 12.7. The fourth-order valence-corrected chi connectivity index (χ4v) is 10.3. The Morgan fingerprint density at radius 2 is 1.41 bits per heavy atom. The van der Waals surface area contributed by atoms with Gasteiger partial charge in [0.05, 0.1) is 19.3 Å². The van der Waals surface area contributed by atoms with Gasteiger partial charge in [0.15, 0.2) is 0 Å². The Kier molecular flexibility index (Phi) is 9.35. The van der Waals surface area contributed by atoms with Crippen LogP contribution < -0.4 is 14.8 Å². The van der Waals surface area contributed by atoms with Gasteiger partial charge in [0.25, 0.3) is 16.6 Å². The van der Waals surface area contributed by atoms with Gasteiger partial charge in [-0.25, -0.2) is 4.79 Å². The summed E-state index contributed by atoms with van der Waals surface area (Å²) in [5.41, 5.74) is 0.378. The van der Waals surface area contributed by atoms with Crippen LogP contribution in [-0.4, -0.2) is 45.1 Å². The lowest BCUT2D eigenvalue weighted by Crippen LogP contribution is -2.67. The first-order chi connectivity index (χ1) is 18.1. The molecule has 0 unspecified atom stereocenters. The number of hydrogen-bond donors (Lipinski definition) is 0. The summed E-state index contributed by atoms with van der Waals surface area (Å²) in [6.07, 6.45) is -0.245. The molecule has 1 aromatic heterocycles. The summed E-state index contributed by atoms with van der Waals surface area (Å²) in [5.74, 6) is 0.0509. The van der Waals surface area contributed by atoms with Crippen LogP contribution in [0.3, 0.4) is 0 Å². The van der Waals surface area contributed by atoms with Crippen LogP contribution in [0.15, 0.2) is 66.7 Å². The van der Waals surface area contributed by atoms with E-state index in [0.29, 0.717) is 18.1 Å². The lowest BCUT2D eigenvalue weighted by atomic mass is 10.2. The average Bonchev–Trinajstić information content (AvgIpc) is 3.23. The number of hydrogen-bond acceptors (Lipinski definition) is 5. The molecule has 0 saturated carbocycles. The Balaban J connectivity index is 2.04. The molecule has 0 amide bonds. The molecule has 0 aliphatic carbocycles. The quantitative estimate of drug-likeness (QED) is 0.210. The van der Waals surface area contributed by atoms with Crippen LogP contribution in [0.25, 0.3) is 0 Å². The van der Waals surface area contributed by atoms with E-state index in [0.717, 1.165) is 0 Å². The zero-order valence-electron chi connectivity index (χ0n) is 25.4. The van der Waals surface area contributed by atoms with Crippen LogP contribution in [0, 0.1) is 0 Å². The van der Waals surface area contributed by atoms with Crippen molar-refractivity contribution in [1.82, 2.24) is 9.78 Å². The molecule has 2 aromatic carbocycles. The minimum Gasteiger partial charge on any atom is -0.530 e. The molecule has 0 spiro atoms. The molecule has 0 aliphatic rings. The van der Waals surface area contributed by atoms with Gasteiger partial charge in [-0.05, 0) is 47.4 Å². The number of nitrogens with zero attached hydrogens (tertiary/aromatic N) is 2. The minimum absolute atomic E-state index is 0.000548. The maximum absolute atomic E-state index is 13.0. The second-order valence-corrected chi connectivity index (χ2v) is 21.7. The Hall–Kier alpha value is -2.69. The van der Waals surface area contributed by atoms with E-state index in [1.165, 1.54) is 10.4 Å². The Morgan fingerprint density at radius 1 is 0.897 bits per heavy atom. The van der Waals surface area contributed by atoms with Crippen molar-refractivity contribution >= 4 is 33.0 Å². The molecule has 0 bridgehead atoms. The Bertz CT molecular complexity index is 1190. The molecule has 3 aromatic rings. The van der Waals surface area contributed by atoms with Gasteiger partial charge >= 0.3 is 5.97 Å². The minimum atomic E-state index is -2.76. The van der Waals surface area contributed by atoms with Gasteiger partial charge in [0, 0.05) is 6.07 Å². The maximum Gasteiger partial charge on any atom is 0.356 e. The standard InChI is InChI=1S/C31H46N2O4Si2/c1-11-35-29(34)27-22-28(37-38(9,10)30(3,4)5)32-33(27)23-24(2)36-39(31(6,7)8,25-18-14-12-15-19-25)26-20-16-13-17-21-26/h12-22,24H,11,23H2,1-10H3/t24-/m0/s1. The van der Waals surface area contributed by atoms with Gasteiger partial charge < -0.3 is 13.6 Å². The normalized spacial score (nSPS) is 13.7. The Morgan fingerprint density at radius 3 is 1.85 bits per heavy atom. The van der Waals surface area contributed by atoms with Gasteiger partial charge in [-0.2, -0.15) is 0 Å². The van der Waals surface area contributed by atoms with Crippen molar-refractivity contribution < 1.29 is 18.4 Å². The van der Waals surface area contributed by atoms with Gasteiger partial charge in [-0.15, -0.1) is 5.10 Å². The molecule has 1 atom stereocenters. The van der Waals surface area contributed by atoms with Gasteiger partial charge in [-0.3, -0.25) is 4.68 Å². The predicted molar refractivity (Wildman–Crippen MR) is 164 cm³/mol. The highest BCUT2D eigenvalue weighted by molar-refractivity contribution is 6.99. The van der Waals surface area contributed by atoms with Crippen LogP contribution in [-0.2, 0) is 15.7 Å². The van der Waals surface area contributed by atoms with E-state index in [2.05, 4.69) is 110 Å². The first kappa shape index (κ1) is 30.8. The summed E-state index contributed by atoms with van der Waals surface area (Å²) in [6, 6.07) is 22.8. The number of benzene rings is 2. The van der Waals surface area contributed by atoms with E-state index in [4.69, 9.17) is 18.7 Å². The zero-order valence-corrected chi connectivity index (χ0v) is 27.4. The number of rotatable bonds is 10. The molecular weight excluding hydrogens is 521 g/mol.